The van der Waals surface area contributed by atoms with Gasteiger partial charge >= 0.3 is 0 Å². The summed E-state index contributed by atoms with van der Waals surface area (Å²) >= 11 is 7.45. The van der Waals surface area contributed by atoms with Crippen molar-refractivity contribution in [1.29, 1.82) is 0 Å². The van der Waals surface area contributed by atoms with Gasteiger partial charge in [0, 0.05) is 37.8 Å². The van der Waals surface area contributed by atoms with E-state index in [0.29, 0.717) is 18.0 Å². The van der Waals surface area contributed by atoms with Crippen molar-refractivity contribution in [1.82, 2.24) is 15.1 Å². The standard InChI is InChI=1S/C21H26ClN3O2S/c1-24-9-6-14-2-3-16(12-15(14)7-10-24)21(27)25-11-8-17(13-25)23-20(26)18-4-5-19(22)28-18/h2-4,12,17,19H,5-11,13H2,1H3,(H,23,26)/t17-,19?/m1/s1. The van der Waals surface area contributed by atoms with E-state index in [-0.39, 0.29) is 22.6 Å². The number of likely N-dealkylation sites (N-methyl/N-ethyl adjacent to an activating group) is 1. The van der Waals surface area contributed by atoms with Crippen molar-refractivity contribution in [3.8, 4) is 0 Å². The van der Waals surface area contributed by atoms with Crippen LogP contribution in [-0.4, -0.2) is 65.6 Å². The number of carbonyl (C=O) groups is 2. The van der Waals surface area contributed by atoms with Gasteiger partial charge in [0.25, 0.3) is 11.8 Å². The minimum Gasteiger partial charge on any atom is -0.347 e. The molecule has 1 aromatic carbocycles. The summed E-state index contributed by atoms with van der Waals surface area (Å²) in [6.07, 6.45) is 5.42. The third kappa shape index (κ3) is 4.39. The quantitative estimate of drug-likeness (QED) is 0.765. The highest BCUT2D eigenvalue weighted by Gasteiger charge is 2.30. The van der Waals surface area contributed by atoms with Crippen LogP contribution in [0.4, 0.5) is 0 Å². The summed E-state index contributed by atoms with van der Waals surface area (Å²) in [7, 11) is 2.14. The van der Waals surface area contributed by atoms with Crippen LogP contribution in [0.25, 0.3) is 0 Å². The molecule has 3 aliphatic heterocycles. The molecule has 7 heteroatoms. The van der Waals surface area contributed by atoms with Crippen molar-refractivity contribution in [2.24, 2.45) is 0 Å². The van der Waals surface area contributed by atoms with Crippen molar-refractivity contribution < 1.29 is 9.59 Å². The summed E-state index contributed by atoms with van der Waals surface area (Å²) < 4.78 is -0.0459. The zero-order valence-corrected chi connectivity index (χ0v) is 17.7. The average molecular weight is 420 g/mol. The van der Waals surface area contributed by atoms with Gasteiger partial charge < -0.3 is 15.1 Å². The summed E-state index contributed by atoms with van der Waals surface area (Å²) in [4.78, 5) is 30.2. The maximum atomic E-state index is 13.0. The molecular weight excluding hydrogens is 394 g/mol. The second-order valence-electron chi connectivity index (χ2n) is 7.83. The van der Waals surface area contributed by atoms with Gasteiger partial charge in [-0.3, -0.25) is 9.59 Å². The first-order valence-electron chi connectivity index (χ1n) is 9.91. The Morgan fingerprint density at radius 2 is 1.96 bits per heavy atom. The highest BCUT2D eigenvalue weighted by molar-refractivity contribution is 8.05. The Bertz CT molecular complexity index is 813. The third-order valence-corrected chi connectivity index (χ3v) is 7.26. The number of likely N-dealkylation sites (tertiary alicyclic amines) is 1. The second kappa shape index (κ2) is 8.47. The lowest BCUT2D eigenvalue weighted by atomic mass is 9.99. The Kier molecular flexibility index (Phi) is 5.99. The molecule has 5 nitrogen and oxygen atoms in total. The van der Waals surface area contributed by atoms with Crippen LogP contribution in [0.3, 0.4) is 0 Å². The fourth-order valence-electron chi connectivity index (χ4n) is 4.05. The van der Waals surface area contributed by atoms with Crippen LogP contribution in [0.15, 0.2) is 29.2 Å². The lowest BCUT2D eigenvalue weighted by molar-refractivity contribution is -0.117. The number of fused-ring (bicyclic) bond motifs is 1. The number of hydrogen-bond acceptors (Lipinski definition) is 4. The Labute approximate surface area is 175 Å². The molecular formula is C21H26ClN3O2S. The molecule has 4 rings (SSSR count). The fraction of sp³-hybridized carbons (Fsp3) is 0.524. The molecule has 3 heterocycles. The number of thioether (sulfide) groups is 1. The number of benzene rings is 1. The molecule has 0 saturated carbocycles. The predicted molar refractivity (Wildman–Crippen MR) is 114 cm³/mol. The third-order valence-electron chi connectivity index (χ3n) is 5.76. The maximum Gasteiger partial charge on any atom is 0.257 e. The van der Waals surface area contributed by atoms with Crippen LogP contribution in [0, 0.1) is 0 Å². The first kappa shape index (κ1) is 19.8. The molecule has 2 atom stereocenters. The molecule has 1 saturated heterocycles. The van der Waals surface area contributed by atoms with E-state index < -0.39 is 0 Å². The minimum atomic E-state index is -0.0680. The number of nitrogens with zero attached hydrogens (tertiary/aromatic N) is 2. The van der Waals surface area contributed by atoms with Gasteiger partial charge in [0.15, 0.2) is 0 Å². The molecule has 150 valence electrons. The van der Waals surface area contributed by atoms with Crippen molar-refractivity contribution in [2.75, 3.05) is 33.2 Å². The zero-order valence-electron chi connectivity index (χ0n) is 16.1. The average Bonchev–Trinajstić information content (AvgIpc) is 3.29. The van der Waals surface area contributed by atoms with E-state index in [1.807, 2.05) is 17.0 Å². The molecule has 0 spiro atoms. The van der Waals surface area contributed by atoms with Gasteiger partial charge in [0.1, 0.15) is 0 Å². The first-order valence-corrected chi connectivity index (χ1v) is 11.2. The van der Waals surface area contributed by atoms with Gasteiger partial charge in [-0.2, -0.15) is 0 Å². The van der Waals surface area contributed by atoms with Crippen LogP contribution in [0.5, 0.6) is 0 Å². The van der Waals surface area contributed by atoms with E-state index in [9.17, 15) is 9.59 Å². The Hall–Kier alpha value is -1.50. The smallest absolute Gasteiger partial charge is 0.257 e. The molecule has 1 aromatic rings. The van der Waals surface area contributed by atoms with Crippen molar-refractivity contribution >= 4 is 35.2 Å². The number of rotatable bonds is 3. The summed E-state index contributed by atoms with van der Waals surface area (Å²) in [5, 5.41) is 3.05. The van der Waals surface area contributed by atoms with Gasteiger partial charge in [-0.15, -0.1) is 23.4 Å². The van der Waals surface area contributed by atoms with Crippen molar-refractivity contribution in [3.05, 3.63) is 45.9 Å². The Morgan fingerprint density at radius 3 is 2.71 bits per heavy atom. The lowest BCUT2D eigenvalue weighted by Crippen LogP contribution is -2.38. The number of carbonyl (C=O) groups excluding carboxylic acids is 2. The molecule has 0 bridgehead atoms. The summed E-state index contributed by atoms with van der Waals surface area (Å²) in [6.45, 7) is 3.33. The molecule has 0 radical (unpaired) electrons. The van der Waals surface area contributed by atoms with E-state index >= 15 is 0 Å². The largest absolute Gasteiger partial charge is 0.347 e. The van der Waals surface area contributed by atoms with Crippen LogP contribution in [-0.2, 0) is 17.6 Å². The number of halogens is 1. The molecule has 0 aliphatic carbocycles. The van der Waals surface area contributed by atoms with Crippen LogP contribution >= 0.6 is 23.4 Å². The number of allylic oxidation sites excluding steroid dienone is 1. The summed E-state index contributed by atoms with van der Waals surface area (Å²) in [5.41, 5.74) is 3.40. The van der Waals surface area contributed by atoms with Gasteiger partial charge in [-0.25, -0.2) is 0 Å². The number of amides is 2. The number of nitrogens with one attached hydrogen (secondary N) is 1. The molecule has 0 aromatic heterocycles. The molecule has 3 aliphatic rings. The SMILES string of the molecule is CN1CCc2ccc(C(=O)N3CC[C@@H](NC(=O)C4=CCC(Cl)S4)C3)cc2CC1. The van der Waals surface area contributed by atoms with E-state index in [2.05, 4.69) is 29.4 Å². The Morgan fingerprint density at radius 1 is 1.18 bits per heavy atom. The van der Waals surface area contributed by atoms with Crippen LogP contribution in [0.1, 0.15) is 34.3 Å². The molecule has 2 amide bonds. The number of alkyl halides is 1. The second-order valence-corrected chi connectivity index (χ2v) is 9.86. The number of hydrogen-bond donors (Lipinski definition) is 1. The van der Waals surface area contributed by atoms with Crippen molar-refractivity contribution in [3.63, 3.8) is 0 Å². The predicted octanol–water partition coefficient (Wildman–Crippen LogP) is 2.63. The van der Waals surface area contributed by atoms with Crippen molar-refractivity contribution in [2.45, 2.75) is 36.4 Å². The highest BCUT2D eigenvalue weighted by atomic mass is 35.5. The first-order chi connectivity index (χ1) is 13.5. The fourth-order valence-corrected chi connectivity index (χ4v) is 5.25. The lowest BCUT2D eigenvalue weighted by Gasteiger charge is -2.18. The summed E-state index contributed by atoms with van der Waals surface area (Å²) in [5.74, 6) is -0.00553. The maximum absolute atomic E-state index is 13.0. The molecule has 28 heavy (non-hydrogen) atoms. The van der Waals surface area contributed by atoms with Gasteiger partial charge in [-0.05, 0) is 56.0 Å². The van der Waals surface area contributed by atoms with Crippen LogP contribution in [0.2, 0.25) is 0 Å². The van der Waals surface area contributed by atoms with Gasteiger partial charge in [0.05, 0.1) is 9.61 Å². The molecule has 1 fully saturated rings. The highest BCUT2D eigenvalue weighted by Crippen LogP contribution is 2.34. The monoisotopic (exact) mass is 419 g/mol. The van der Waals surface area contributed by atoms with E-state index in [0.717, 1.165) is 44.3 Å². The van der Waals surface area contributed by atoms with E-state index in [1.165, 1.54) is 22.9 Å². The van der Waals surface area contributed by atoms with E-state index in [4.69, 9.17) is 11.6 Å². The minimum absolute atomic E-state index is 0.00167. The normalized spacial score (nSPS) is 25.2. The summed E-state index contributed by atoms with van der Waals surface area (Å²) in [6, 6.07) is 6.15. The Balaban J connectivity index is 1.36. The topological polar surface area (TPSA) is 52.7 Å². The molecule has 1 N–H and O–H groups in total. The van der Waals surface area contributed by atoms with Gasteiger partial charge in [0.2, 0.25) is 0 Å². The molecule has 1 unspecified atom stereocenters. The zero-order chi connectivity index (χ0) is 19.7. The van der Waals surface area contributed by atoms with E-state index in [1.54, 1.807) is 0 Å². The van der Waals surface area contributed by atoms with Crippen LogP contribution < -0.4 is 5.32 Å². The van der Waals surface area contributed by atoms with Gasteiger partial charge in [-0.1, -0.05) is 12.1 Å².